The van der Waals surface area contributed by atoms with Crippen molar-refractivity contribution in [2.75, 3.05) is 13.1 Å². The maximum absolute atomic E-state index is 12.6. The molecule has 2 aromatic rings. The largest absolute Gasteiger partial charge is 0.336 e. The lowest BCUT2D eigenvalue weighted by Crippen LogP contribution is -2.46. The summed E-state index contributed by atoms with van der Waals surface area (Å²) in [5.41, 5.74) is 6.96. The van der Waals surface area contributed by atoms with E-state index in [1.165, 1.54) is 16.8 Å². The average molecular weight is 349 g/mol. The Hall–Kier alpha value is -2.18. The number of amides is 1. The SMILES string of the molecule is Cl.NC1CCCN(C(=O)c2ccc(=O)n(Cc3ccccc3)n2)C1. The van der Waals surface area contributed by atoms with Crippen LogP contribution in [0.2, 0.25) is 0 Å². The molecule has 6 nitrogen and oxygen atoms in total. The third-order valence-corrected chi connectivity index (χ3v) is 4.01. The Labute approximate surface area is 146 Å². The van der Waals surface area contributed by atoms with Crippen LogP contribution in [0.4, 0.5) is 0 Å². The molecule has 0 aliphatic carbocycles. The molecular weight excluding hydrogens is 328 g/mol. The molecule has 2 N–H and O–H groups in total. The molecule has 128 valence electrons. The zero-order valence-corrected chi connectivity index (χ0v) is 14.1. The van der Waals surface area contributed by atoms with Gasteiger partial charge in [0, 0.05) is 25.2 Å². The molecule has 3 rings (SSSR count). The second-order valence-electron chi connectivity index (χ2n) is 5.85. The van der Waals surface area contributed by atoms with E-state index in [1.54, 1.807) is 4.90 Å². The van der Waals surface area contributed by atoms with Crippen LogP contribution in [-0.4, -0.2) is 39.7 Å². The molecule has 0 bridgehead atoms. The summed E-state index contributed by atoms with van der Waals surface area (Å²) in [4.78, 5) is 26.3. The van der Waals surface area contributed by atoms with Gasteiger partial charge in [-0.15, -0.1) is 12.4 Å². The number of nitrogens with two attached hydrogens (primary N) is 1. The number of hydrogen-bond acceptors (Lipinski definition) is 4. The van der Waals surface area contributed by atoms with E-state index in [4.69, 9.17) is 5.73 Å². The van der Waals surface area contributed by atoms with E-state index in [0.29, 0.717) is 19.6 Å². The molecule has 0 radical (unpaired) electrons. The number of nitrogens with zero attached hydrogens (tertiary/aromatic N) is 3. The van der Waals surface area contributed by atoms with Crippen LogP contribution in [0.15, 0.2) is 47.3 Å². The summed E-state index contributed by atoms with van der Waals surface area (Å²) < 4.78 is 1.33. The van der Waals surface area contributed by atoms with Crippen LogP contribution in [-0.2, 0) is 6.54 Å². The zero-order chi connectivity index (χ0) is 16.2. The van der Waals surface area contributed by atoms with Gasteiger partial charge in [-0.25, -0.2) is 4.68 Å². The average Bonchev–Trinajstić information content (AvgIpc) is 2.57. The molecule has 7 heteroatoms. The third kappa shape index (κ3) is 4.21. The van der Waals surface area contributed by atoms with E-state index in [1.807, 2.05) is 30.3 Å². The highest BCUT2D eigenvalue weighted by atomic mass is 35.5. The Balaban J connectivity index is 0.00000208. The number of likely N-dealkylation sites (tertiary alicyclic amines) is 1. The number of benzene rings is 1. The Bertz CT molecular complexity index is 748. The summed E-state index contributed by atoms with van der Waals surface area (Å²) in [6.45, 7) is 1.57. The van der Waals surface area contributed by atoms with Crippen molar-refractivity contribution >= 4 is 18.3 Å². The van der Waals surface area contributed by atoms with Crippen molar-refractivity contribution in [3.63, 3.8) is 0 Å². The van der Waals surface area contributed by atoms with Crippen molar-refractivity contribution < 1.29 is 4.79 Å². The summed E-state index contributed by atoms with van der Waals surface area (Å²) in [5, 5.41) is 4.24. The van der Waals surface area contributed by atoms with Crippen molar-refractivity contribution in [1.82, 2.24) is 14.7 Å². The van der Waals surface area contributed by atoms with Crippen LogP contribution in [0, 0.1) is 0 Å². The lowest BCUT2D eigenvalue weighted by atomic mass is 10.1. The number of piperidine rings is 1. The van der Waals surface area contributed by atoms with Gasteiger partial charge in [0.05, 0.1) is 6.54 Å². The number of hydrogen-bond donors (Lipinski definition) is 1. The lowest BCUT2D eigenvalue weighted by molar-refractivity contribution is 0.0700. The summed E-state index contributed by atoms with van der Waals surface area (Å²) >= 11 is 0. The molecule has 1 aromatic carbocycles. The molecule has 24 heavy (non-hydrogen) atoms. The van der Waals surface area contributed by atoms with Gasteiger partial charge in [-0.1, -0.05) is 30.3 Å². The molecule has 1 fully saturated rings. The molecule has 0 spiro atoms. The number of aromatic nitrogens is 2. The first-order valence-electron chi connectivity index (χ1n) is 7.80. The van der Waals surface area contributed by atoms with E-state index in [-0.39, 0.29) is 35.6 Å². The highest BCUT2D eigenvalue weighted by molar-refractivity contribution is 5.92. The van der Waals surface area contributed by atoms with Gasteiger partial charge in [-0.05, 0) is 24.5 Å². The smallest absolute Gasteiger partial charge is 0.274 e. The van der Waals surface area contributed by atoms with Crippen molar-refractivity contribution in [3.8, 4) is 0 Å². The van der Waals surface area contributed by atoms with Crippen molar-refractivity contribution in [2.45, 2.75) is 25.4 Å². The molecule has 1 aliphatic heterocycles. The first-order valence-corrected chi connectivity index (χ1v) is 7.80. The minimum Gasteiger partial charge on any atom is -0.336 e. The summed E-state index contributed by atoms with van der Waals surface area (Å²) in [6, 6.07) is 12.5. The molecule has 1 atom stereocenters. The van der Waals surface area contributed by atoms with E-state index in [0.717, 1.165) is 18.4 Å². The van der Waals surface area contributed by atoms with Crippen molar-refractivity contribution in [3.05, 3.63) is 64.1 Å². The number of halogens is 1. The normalized spacial score (nSPS) is 17.2. The maximum Gasteiger partial charge on any atom is 0.274 e. The Morgan fingerprint density at radius 3 is 2.67 bits per heavy atom. The first kappa shape index (κ1) is 18.2. The van der Waals surface area contributed by atoms with Crippen molar-refractivity contribution in [2.24, 2.45) is 5.73 Å². The fraction of sp³-hybridized carbons (Fsp3) is 0.353. The second-order valence-corrected chi connectivity index (χ2v) is 5.85. The minimum absolute atomic E-state index is 0. The van der Waals surface area contributed by atoms with E-state index in [2.05, 4.69) is 5.10 Å². The van der Waals surface area contributed by atoms with Gasteiger partial charge in [-0.2, -0.15) is 5.10 Å². The number of carbonyl (C=O) groups is 1. The molecule has 1 aromatic heterocycles. The van der Waals surface area contributed by atoms with Gasteiger partial charge in [0.25, 0.3) is 11.5 Å². The quantitative estimate of drug-likeness (QED) is 0.905. The van der Waals surface area contributed by atoms with Crippen molar-refractivity contribution in [1.29, 1.82) is 0 Å². The standard InChI is InChI=1S/C17H20N4O2.ClH/c18-14-7-4-10-20(12-14)17(23)15-8-9-16(22)21(19-15)11-13-5-2-1-3-6-13;/h1-3,5-6,8-9,14H,4,7,10-12,18H2;1H. The molecule has 1 amide bonds. The predicted octanol–water partition coefficient (Wildman–Crippen LogP) is 1.28. The molecule has 2 heterocycles. The molecular formula is C17H21ClN4O2. The van der Waals surface area contributed by atoms with Gasteiger partial charge in [0.2, 0.25) is 0 Å². The van der Waals surface area contributed by atoms with Crippen LogP contribution in [0.5, 0.6) is 0 Å². The second kappa shape index (κ2) is 8.08. The Kier molecular flexibility index (Phi) is 6.11. The summed E-state index contributed by atoms with van der Waals surface area (Å²) in [5.74, 6) is -0.165. The Morgan fingerprint density at radius 2 is 1.96 bits per heavy atom. The van der Waals surface area contributed by atoms with Crippen LogP contribution in [0.25, 0.3) is 0 Å². The molecule has 1 aliphatic rings. The van der Waals surface area contributed by atoms with E-state index < -0.39 is 0 Å². The predicted molar refractivity (Wildman–Crippen MR) is 94.4 cm³/mol. The zero-order valence-electron chi connectivity index (χ0n) is 13.3. The van der Waals surface area contributed by atoms with Crippen LogP contribution < -0.4 is 11.3 Å². The van der Waals surface area contributed by atoms with Gasteiger partial charge >= 0.3 is 0 Å². The summed E-state index contributed by atoms with van der Waals surface area (Å²) in [6.07, 6.45) is 1.83. The minimum atomic E-state index is -0.222. The maximum atomic E-state index is 12.6. The van der Waals surface area contributed by atoms with Gasteiger partial charge < -0.3 is 10.6 Å². The third-order valence-electron chi connectivity index (χ3n) is 4.01. The van der Waals surface area contributed by atoms with Gasteiger partial charge in [0.1, 0.15) is 5.69 Å². The highest BCUT2D eigenvalue weighted by Crippen LogP contribution is 2.11. The van der Waals surface area contributed by atoms with E-state index in [9.17, 15) is 9.59 Å². The fourth-order valence-corrected chi connectivity index (χ4v) is 2.79. The first-order chi connectivity index (χ1) is 11.1. The molecule has 0 saturated carbocycles. The highest BCUT2D eigenvalue weighted by Gasteiger charge is 2.23. The summed E-state index contributed by atoms with van der Waals surface area (Å²) in [7, 11) is 0. The topological polar surface area (TPSA) is 81.2 Å². The van der Waals surface area contributed by atoms with E-state index >= 15 is 0 Å². The van der Waals surface area contributed by atoms with Crippen LogP contribution in [0.1, 0.15) is 28.9 Å². The number of rotatable bonds is 3. The van der Waals surface area contributed by atoms with Gasteiger partial charge in [-0.3, -0.25) is 9.59 Å². The molecule has 1 saturated heterocycles. The van der Waals surface area contributed by atoms with Crippen LogP contribution in [0.3, 0.4) is 0 Å². The fourth-order valence-electron chi connectivity index (χ4n) is 2.79. The molecule has 1 unspecified atom stereocenters. The van der Waals surface area contributed by atoms with Crippen LogP contribution >= 0.6 is 12.4 Å². The monoisotopic (exact) mass is 348 g/mol. The number of carbonyl (C=O) groups excluding carboxylic acids is 1. The lowest BCUT2D eigenvalue weighted by Gasteiger charge is -2.30. The van der Waals surface area contributed by atoms with Gasteiger partial charge in [0.15, 0.2) is 0 Å². The Morgan fingerprint density at radius 1 is 1.21 bits per heavy atom.